The van der Waals surface area contributed by atoms with Gasteiger partial charge in [-0.3, -0.25) is 14.2 Å². The second-order valence-electron chi connectivity index (χ2n) is 4.72. The van der Waals surface area contributed by atoms with Crippen molar-refractivity contribution in [2.75, 3.05) is 5.32 Å². The molecule has 0 aliphatic carbocycles. The lowest BCUT2D eigenvalue weighted by molar-refractivity contribution is -0.116. The third-order valence-electron chi connectivity index (χ3n) is 3.14. The van der Waals surface area contributed by atoms with Crippen LogP contribution >= 0.6 is 11.6 Å². The summed E-state index contributed by atoms with van der Waals surface area (Å²) >= 11 is 5.65. The number of anilines is 1. The summed E-state index contributed by atoms with van der Waals surface area (Å²) < 4.78 is 15.0. The molecule has 1 amide bonds. The summed E-state index contributed by atoms with van der Waals surface area (Å²) in [7, 11) is 0. The Bertz CT molecular complexity index is 774. The van der Waals surface area contributed by atoms with Crippen molar-refractivity contribution in [2.24, 2.45) is 0 Å². The predicted octanol–water partition coefficient (Wildman–Crippen LogP) is 2.55. The van der Waals surface area contributed by atoms with E-state index in [2.05, 4.69) is 10.3 Å². The van der Waals surface area contributed by atoms with Crippen molar-refractivity contribution < 1.29 is 9.18 Å². The highest BCUT2D eigenvalue weighted by Gasteiger charge is 2.12. The SMILES string of the molecule is CCc1cc(=O)n(CC(=O)Nc2cccc(Cl)c2F)c(C)n1. The van der Waals surface area contributed by atoms with E-state index < -0.39 is 11.7 Å². The number of nitrogens with zero attached hydrogens (tertiary/aromatic N) is 2. The molecule has 0 bridgehead atoms. The molecule has 1 aromatic carbocycles. The number of hydrogen-bond donors (Lipinski definition) is 1. The average molecular weight is 324 g/mol. The molecule has 2 aromatic rings. The topological polar surface area (TPSA) is 64.0 Å². The van der Waals surface area contributed by atoms with Crippen molar-refractivity contribution in [1.82, 2.24) is 9.55 Å². The first-order chi connectivity index (χ1) is 10.4. The number of amides is 1. The number of benzene rings is 1. The van der Waals surface area contributed by atoms with Crippen molar-refractivity contribution >= 4 is 23.2 Å². The van der Waals surface area contributed by atoms with Gasteiger partial charge >= 0.3 is 0 Å². The van der Waals surface area contributed by atoms with Gasteiger partial charge in [0.05, 0.1) is 10.7 Å². The van der Waals surface area contributed by atoms with Crippen LogP contribution in [0.4, 0.5) is 10.1 Å². The fraction of sp³-hybridized carbons (Fsp3) is 0.267. The largest absolute Gasteiger partial charge is 0.322 e. The zero-order valence-corrected chi connectivity index (χ0v) is 12.9. The molecule has 0 atom stereocenters. The number of rotatable bonds is 4. The number of carbonyl (C=O) groups is 1. The molecular formula is C15H15ClFN3O2. The van der Waals surface area contributed by atoms with E-state index in [1.54, 1.807) is 6.92 Å². The van der Waals surface area contributed by atoms with Crippen LogP contribution in [0.25, 0.3) is 0 Å². The molecule has 0 saturated carbocycles. The van der Waals surface area contributed by atoms with E-state index in [0.29, 0.717) is 17.9 Å². The van der Waals surface area contributed by atoms with Crippen LogP contribution in [0.2, 0.25) is 5.02 Å². The average Bonchev–Trinajstić information content (AvgIpc) is 2.47. The van der Waals surface area contributed by atoms with Crippen LogP contribution in [-0.2, 0) is 17.8 Å². The van der Waals surface area contributed by atoms with Crippen LogP contribution < -0.4 is 10.9 Å². The minimum Gasteiger partial charge on any atom is -0.322 e. The fourth-order valence-electron chi connectivity index (χ4n) is 1.99. The highest BCUT2D eigenvalue weighted by Crippen LogP contribution is 2.21. The number of halogens is 2. The first-order valence-corrected chi connectivity index (χ1v) is 7.11. The molecule has 116 valence electrons. The van der Waals surface area contributed by atoms with Gasteiger partial charge in [-0.2, -0.15) is 0 Å². The number of aromatic nitrogens is 2. The molecule has 0 radical (unpaired) electrons. The number of aryl methyl sites for hydroxylation is 2. The molecule has 0 spiro atoms. The van der Waals surface area contributed by atoms with Gasteiger partial charge < -0.3 is 5.32 Å². The first kappa shape index (κ1) is 16.2. The number of carbonyl (C=O) groups excluding carboxylic acids is 1. The maximum Gasteiger partial charge on any atom is 0.254 e. The quantitative estimate of drug-likeness (QED) is 0.940. The van der Waals surface area contributed by atoms with E-state index in [1.807, 2.05) is 6.92 Å². The van der Waals surface area contributed by atoms with E-state index in [9.17, 15) is 14.0 Å². The Labute approximate surface area is 131 Å². The molecule has 1 N–H and O–H groups in total. The maximum absolute atomic E-state index is 13.7. The standard InChI is InChI=1S/C15H15ClFN3O2/c1-3-10-7-14(22)20(9(2)18-10)8-13(21)19-12-6-4-5-11(16)15(12)17/h4-7H,3,8H2,1-2H3,(H,19,21). The third kappa shape index (κ3) is 3.51. The molecule has 0 saturated heterocycles. The van der Waals surface area contributed by atoms with Crippen molar-refractivity contribution in [3.8, 4) is 0 Å². The fourth-order valence-corrected chi connectivity index (χ4v) is 2.16. The Hall–Kier alpha value is -2.21. The molecule has 22 heavy (non-hydrogen) atoms. The number of nitrogens with one attached hydrogen (secondary N) is 1. The molecule has 0 unspecified atom stereocenters. The molecular weight excluding hydrogens is 309 g/mol. The van der Waals surface area contributed by atoms with Crippen molar-refractivity contribution in [2.45, 2.75) is 26.8 Å². The maximum atomic E-state index is 13.7. The summed E-state index contributed by atoms with van der Waals surface area (Å²) in [5.41, 5.74) is 0.326. The van der Waals surface area contributed by atoms with Gasteiger partial charge in [0.1, 0.15) is 12.4 Å². The Morgan fingerprint density at radius 3 is 2.82 bits per heavy atom. The van der Waals surface area contributed by atoms with Gasteiger partial charge in [0.15, 0.2) is 5.82 Å². The van der Waals surface area contributed by atoms with Crippen molar-refractivity contribution in [3.63, 3.8) is 0 Å². The van der Waals surface area contributed by atoms with Gasteiger partial charge in [-0.15, -0.1) is 0 Å². The molecule has 2 rings (SSSR count). The Kier molecular flexibility index (Phi) is 4.92. The Morgan fingerprint density at radius 1 is 1.45 bits per heavy atom. The van der Waals surface area contributed by atoms with Gasteiger partial charge in [0.2, 0.25) is 5.91 Å². The van der Waals surface area contributed by atoms with E-state index >= 15 is 0 Å². The second kappa shape index (κ2) is 6.70. The normalized spacial score (nSPS) is 10.5. The smallest absolute Gasteiger partial charge is 0.254 e. The second-order valence-corrected chi connectivity index (χ2v) is 5.13. The molecule has 5 nitrogen and oxygen atoms in total. The number of hydrogen-bond acceptors (Lipinski definition) is 3. The van der Waals surface area contributed by atoms with E-state index in [0.717, 1.165) is 0 Å². The van der Waals surface area contributed by atoms with Crippen LogP contribution in [0.1, 0.15) is 18.4 Å². The highest BCUT2D eigenvalue weighted by atomic mass is 35.5. The molecule has 1 heterocycles. The summed E-state index contributed by atoms with van der Waals surface area (Å²) in [5.74, 6) is -0.801. The summed E-state index contributed by atoms with van der Waals surface area (Å²) in [6.45, 7) is 3.29. The first-order valence-electron chi connectivity index (χ1n) is 6.73. The van der Waals surface area contributed by atoms with E-state index in [4.69, 9.17) is 11.6 Å². The summed E-state index contributed by atoms with van der Waals surface area (Å²) in [6, 6.07) is 5.69. The van der Waals surface area contributed by atoms with Crippen molar-refractivity contribution in [3.05, 3.63) is 57.0 Å². The minimum absolute atomic E-state index is 0.0265. The van der Waals surface area contributed by atoms with Crippen LogP contribution in [0.3, 0.4) is 0 Å². The van der Waals surface area contributed by atoms with Crippen LogP contribution in [0, 0.1) is 12.7 Å². The van der Waals surface area contributed by atoms with Crippen molar-refractivity contribution in [1.29, 1.82) is 0 Å². The Balaban J connectivity index is 2.19. The molecule has 0 aliphatic heterocycles. The summed E-state index contributed by atoms with van der Waals surface area (Å²) in [6.07, 6.45) is 0.636. The van der Waals surface area contributed by atoms with Crippen LogP contribution in [-0.4, -0.2) is 15.5 Å². The van der Waals surface area contributed by atoms with Gasteiger partial charge in [0, 0.05) is 11.8 Å². The molecule has 7 heteroatoms. The molecule has 0 aliphatic rings. The molecule has 0 fully saturated rings. The van der Waals surface area contributed by atoms with Gasteiger partial charge in [0.25, 0.3) is 5.56 Å². The molecule has 1 aromatic heterocycles. The lowest BCUT2D eigenvalue weighted by Crippen LogP contribution is -2.30. The van der Waals surface area contributed by atoms with Gasteiger partial charge in [-0.25, -0.2) is 9.37 Å². The summed E-state index contributed by atoms with van der Waals surface area (Å²) in [4.78, 5) is 28.2. The predicted molar refractivity (Wildman–Crippen MR) is 82.7 cm³/mol. The van der Waals surface area contributed by atoms with E-state index in [1.165, 1.54) is 28.8 Å². The lowest BCUT2D eigenvalue weighted by atomic mass is 10.3. The third-order valence-corrected chi connectivity index (χ3v) is 3.43. The lowest BCUT2D eigenvalue weighted by Gasteiger charge is -2.11. The monoisotopic (exact) mass is 323 g/mol. The van der Waals surface area contributed by atoms with Gasteiger partial charge in [-0.1, -0.05) is 24.6 Å². The Morgan fingerprint density at radius 2 is 2.18 bits per heavy atom. The van der Waals surface area contributed by atoms with Crippen LogP contribution in [0.5, 0.6) is 0 Å². The van der Waals surface area contributed by atoms with E-state index in [-0.39, 0.29) is 22.8 Å². The zero-order valence-electron chi connectivity index (χ0n) is 12.2. The minimum atomic E-state index is -0.707. The zero-order chi connectivity index (χ0) is 16.3. The summed E-state index contributed by atoms with van der Waals surface area (Å²) in [5, 5.41) is 2.31. The van der Waals surface area contributed by atoms with Gasteiger partial charge in [-0.05, 0) is 25.5 Å². The van der Waals surface area contributed by atoms with Crippen LogP contribution in [0.15, 0.2) is 29.1 Å². The highest BCUT2D eigenvalue weighted by molar-refractivity contribution is 6.31.